The van der Waals surface area contributed by atoms with Gasteiger partial charge in [-0.15, -0.1) is 0 Å². The van der Waals surface area contributed by atoms with Gasteiger partial charge in [0.15, 0.2) is 0 Å². The smallest absolute Gasteiger partial charge is 0.329 e. The Labute approximate surface area is 219 Å². The van der Waals surface area contributed by atoms with Crippen LogP contribution in [-0.4, -0.2) is 50.3 Å². The van der Waals surface area contributed by atoms with Crippen LogP contribution in [0.4, 0.5) is 0 Å². The molecule has 0 radical (unpaired) electrons. The molecule has 0 spiro atoms. The van der Waals surface area contributed by atoms with Gasteiger partial charge in [-0.25, -0.2) is 4.57 Å². The molecule has 0 aliphatic carbocycles. The summed E-state index contributed by atoms with van der Waals surface area (Å²) in [4.78, 5) is 9.68. The van der Waals surface area contributed by atoms with Crippen LogP contribution in [0.25, 0.3) is 0 Å². The van der Waals surface area contributed by atoms with Crippen LogP contribution in [-0.2, 0) is 13.6 Å². The van der Waals surface area contributed by atoms with Gasteiger partial charge in [-0.2, -0.15) is 0 Å². The minimum atomic E-state index is -3.89. The topological polar surface area (TPSA) is 55.8 Å². The molecule has 210 valence electrons. The fourth-order valence-electron chi connectivity index (χ4n) is 4.06. The first-order chi connectivity index (χ1) is 16.8. The van der Waals surface area contributed by atoms with Gasteiger partial charge in [-0.05, 0) is 32.1 Å². The summed E-state index contributed by atoms with van der Waals surface area (Å²) in [5, 5.41) is 0. The second-order valence-corrected chi connectivity index (χ2v) is 12.7. The average molecular weight is 519 g/mol. The van der Waals surface area contributed by atoms with E-state index in [0.29, 0.717) is 17.6 Å². The number of quaternary nitrogens is 1. The van der Waals surface area contributed by atoms with Crippen molar-refractivity contribution in [2.45, 2.75) is 135 Å². The molecule has 0 amide bonds. The highest BCUT2D eigenvalue weighted by Crippen LogP contribution is 2.43. The predicted octanol–water partition coefficient (Wildman–Crippen LogP) is 9.20. The molecular formula is C29H61NO4P+. The zero-order valence-electron chi connectivity index (χ0n) is 24.0. The number of likely N-dealkylation sites (N-methyl/N-ethyl adjacent to an activating group) is 1. The molecule has 0 saturated heterocycles. The number of hydrogen-bond acceptors (Lipinski definition) is 3. The van der Waals surface area contributed by atoms with E-state index in [4.69, 9.17) is 9.05 Å². The minimum Gasteiger partial charge on any atom is -0.329 e. The first-order valence-corrected chi connectivity index (χ1v) is 16.3. The van der Waals surface area contributed by atoms with E-state index in [1.54, 1.807) is 0 Å². The summed E-state index contributed by atoms with van der Waals surface area (Å²) < 4.78 is 22.6. The third-order valence-electron chi connectivity index (χ3n) is 6.43. The second kappa shape index (κ2) is 24.2. The van der Waals surface area contributed by atoms with Crippen molar-refractivity contribution in [3.8, 4) is 0 Å². The summed E-state index contributed by atoms with van der Waals surface area (Å²) in [6.45, 7) is 3.48. The maximum Gasteiger partial charge on any atom is 0.472 e. The molecule has 0 rings (SSSR count). The van der Waals surface area contributed by atoms with E-state index in [-0.39, 0.29) is 6.61 Å². The third kappa shape index (κ3) is 29.9. The van der Waals surface area contributed by atoms with Crippen LogP contribution < -0.4 is 0 Å². The van der Waals surface area contributed by atoms with Crippen molar-refractivity contribution in [1.29, 1.82) is 0 Å². The van der Waals surface area contributed by atoms with Crippen LogP contribution in [0.3, 0.4) is 0 Å². The highest BCUT2D eigenvalue weighted by molar-refractivity contribution is 7.47. The normalized spacial score (nSPS) is 14.1. The highest BCUT2D eigenvalue weighted by atomic mass is 31.2. The Hall–Kier alpha value is -0.190. The summed E-state index contributed by atoms with van der Waals surface area (Å²) in [5.74, 6) is 0. The molecule has 0 saturated carbocycles. The highest BCUT2D eigenvalue weighted by Gasteiger charge is 2.21. The van der Waals surface area contributed by atoms with E-state index in [1.165, 1.54) is 116 Å². The molecule has 1 atom stereocenters. The summed E-state index contributed by atoms with van der Waals surface area (Å²) in [6, 6.07) is 0. The van der Waals surface area contributed by atoms with E-state index in [0.717, 1.165) is 12.8 Å². The standard InChI is InChI=1S/C29H60NO4P/c1-5-6-7-8-9-10-11-12-13-14-15-16-17-18-19-20-21-22-23-24-25-26-28-33-35(31,32)34-29-27-30(2,3)4/h12-13H,5-11,14-29H2,1-4H3/p+1/b13-12-. The number of hydrogen-bond donors (Lipinski definition) is 1. The lowest BCUT2D eigenvalue weighted by atomic mass is 10.0. The van der Waals surface area contributed by atoms with Crippen molar-refractivity contribution in [2.24, 2.45) is 0 Å². The SMILES string of the molecule is CCCCCCCC/C=C\CCCCCCCCCCCCCCOP(=O)(O)OCC[N+](C)(C)C. The van der Waals surface area contributed by atoms with Gasteiger partial charge in [0, 0.05) is 0 Å². The van der Waals surface area contributed by atoms with Gasteiger partial charge in [0.25, 0.3) is 0 Å². The Morgan fingerprint density at radius 2 is 0.971 bits per heavy atom. The van der Waals surface area contributed by atoms with Gasteiger partial charge >= 0.3 is 7.82 Å². The van der Waals surface area contributed by atoms with Gasteiger partial charge in [-0.3, -0.25) is 9.05 Å². The van der Waals surface area contributed by atoms with Crippen molar-refractivity contribution < 1.29 is 23.0 Å². The maximum atomic E-state index is 11.8. The number of rotatable bonds is 27. The molecule has 0 aromatic carbocycles. The Bertz CT molecular complexity index is 519. The van der Waals surface area contributed by atoms with Gasteiger partial charge in [0.05, 0.1) is 27.7 Å². The lowest BCUT2D eigenvalue weighted by molar-refractivity contribution is -0.870. The molecule has 1 unspecified atom stereocenters. The lowest BCUT2D eigenvalue weighted by Crippen LogP contribution is -2.37. The second-order valence-electron chi connectivity index (χ2n) is 11.2. The molecule has 5 nitrogen and oxygen atoms in total. The van der Waals surface area contributed by atoms with Crippen molar-refractivity contribution in [1.82, 2.24) is 0 Å². The zero-order chi connectivity index (χ0) is 26.1. The minimum absolute atomic E-state index is 0.230. The van der Waals surface area contributed by atoms with Crippen LogP contribution in [0.2, 0.25) is 0 Å². The van der Waals surface area contributed by atoms with Gasteiger partial charge in [0.1, 0.15) is 13.2 Å². The number of nitrogens with zero attached hydrogens (tertiary/aromatic N) is 1. The van der Waals surface area contributed by atoms with E-state index < -0.39 is 7.82 Å². The number of allylic oxidation sites excluding steroid dienone is 2. The Balaban J connectivity index is 3.27. The molecule has 0 aliphatic rings. The molecule has 0 heterocycles. The molecule has 0 fully saturated rings. The van der Waals surface area contributed by atoms with Crippen LogP contribution in [0.5, 0.6) is 0 Å². The molecule has 0 aromatic rings. The maximum absolute atomic E-state index is 11.8. The summed E-state index contributed by atoms with van der Waals surface area (Å²) in [6.07, 6.45) is 30.9. The van der Waals surface area contributed by atoms with E-state index in [1.807, 2.05) is 21.1 Å². The molecule has 1 N–H and O–H groups in total. The van der Waals surface area contributed by atoms with Crippen molar-refractivity contribution in [2.75, 3.05) is 40.9 Å². The fourth-order valence-corrected chi connectivity index (χ4v) is 4.80. The van der Waals surface area contributed by atoms with E-state index >= 15 is 0 Å². The molecule has 35 heavy (non-hydrogen) atoms. The van der Waals surface area contributed by atoms with Crippen molar-refractivity contribution in [3.05, 3.63) is 12.2 Å². The van der Waals surface area contributed by atoms with Crippen LogP contribution >= 0.6 is 7.82 Å². The van der Waals surface area contributed by atoms with Crippen LogP contribution in [0, 0.1) is 0 Å². The number of phosphoric ester groups is 1. The first kappa shape index (κ1) is 34.8. The largest absolute Gasteiger partial charge is 0.472 e. The number of phosphoric acid groups is 1. The van der Waals surface area contributed by atoms with E-state index in [9.17, 15) is 9.46 Å². The van der Waals surface area contributed by atoms with Gasteiger partial charge in [-0.1, -0.05) is 115 Å². The monoisotopic (exact) mass is 518 g/mol. The average Bonchev–Trinajstić information content (AvgIpc) is 2.78. The number of unbranched alkanes of at least 4 members (excludes halogenated alkanes) is 18. The summed E-state index contributed by atoms with van der Waals surface area (Å²) in [5.41, 5.74) is 0. The zero-order valence-corrected chi connectivity index (χ0v) is 24.9. The Kier molecular flexibility index (Phi) is 24.0. The van der Waals surface area contributed by atoms with Gasteiger partial charge < -0.3 is 9.38 Å². The van der Waals surface area contributed by atoms with E-state index in [2.05, 4.69) is 19.1 Å². The molecular weight excluding hydrogens is 457 g/mol. The lowest BCUT2D eigenvalue weighted by Gasteiger charge is -2.24. The quantitative estimate of drug-likeness (QED) is 0.0509. The van der Waals surface area contributed by atoms with Crippen molar-refractivity contribution >= 4 is 7.82 Å². The fraction of sp³-hybridized carbons (Fsp3) is 0.931. The predicted molar refractivity (Wildman–Crippen MR) is 152 cm³/mol. The van der Waals surface area contributed by atoms with Crippen LogP contribution in [0.1, 0.15) is 135 Å². The summed E-state index contributed by atoms with van der Waals surface area (Å²) >= 11 is 0. The Morgan fingerprint density at radius 3 is 1.40 bits per heavy atom. The molecule has 0 bridgehead atoms. The summed E-state index contributed by atoms with van der Waals surface area (Å²) in [7, 11) is 2.17. The Morgan fingerprint density at radius 1 is 0.600 bits per heavy atom. The van der Waals surface area contributed by atoms with Crippen molar-refractivity contribution in [3.63, 3.8) is 0 Å². The van der Waals surface area contributed by atoms with Crippen LogP contribution in [0.15, 0.2) is 12.2 Å². The molecule has 6 heteroatoms. The third-order valence-corrected chi connectivity index (χ3v) is 7.44. The first-order valence-electron chi connectivity index (χ1n) is 14.8. The molecule has 0 aromatic heterocycles. The van der Waals surface area contributed by atoms with Gasteiger partial charge in [0.2, 0.25) is 0 Å². The molecule has 0 aliphatic heterocycles.